The van der Waals surface area contributed by atoms with Crippen molar-refractivity contribution in [2.24, 2.45) is 0 Å². The number of ether oxygens (including phenoxy) is 2. The Hall–Kier alpha value is -2.34. The van der Waals surface area contributed by atoms with E-state index in [9.17, 15) is 9.59 Å². The molecule has 0 radical (unpaired) electrons. The molecule has 1 atom stereocenters. The van der Waals surface area contributed by atoms with Gasteiger partial charge in [-0.25, -0.2) is 4.79 Å². The van der Waals surface area contributed by atoms with E-state index in [1.54, 1.807) is 12.3 Å². The Morgan fingerprint density at radius 1 is 1.38 bits per heavy atom. The number of rotatable bonds is 2. The molecule has 1 unspecified atom stereocenters. The van der Waals surface area contributed by atoms with E-state index in [2.05, 4.69) is 4.98 Å². The Labute approximate surface area is 121 Å². The smallest absolute Gasteiger partial charge is 0.331 e. The molecule has 1 amide bonds. The van der Waals surface area contributed by atoms with E-state index < -0.39 is 12.0 Å². The van der Waals surface area contributed by atoms with Crippen molar-refractivity contribution in [2.45, 2.75) is 6.04 Å². The normalized spacial score (nSPS) is 18.7. The van der Waals surface area contributed by atoms with E-state index in [1.807, 2.05) is 18.2 Å². The summed E-state index contributed by atoms with van der Waals surface area (Å²) >= 11 is 0. The summed E-state index contributed by atoms with van der Waals surface area (Å²) in [7, 11) is 1.31. The highest BCUT2D eigenvalue weighted by Gasteiger charge is 2.34. The second kappa shape index (κ2) is 5.57. The zero-order chi connectivity index (χ0) is 14.8. The molecular weight excluding hydrogens is 272 g/mol. The van der Waals surface area contributed by atoms with E-state index in [0.717, 1.165) is 10.9 Å². The summed E-state index contributed by atoms with van der Waals surface area (Å²) in [6.45, 7) is 0.962. The van der Waals surface area contributed by atoms with E-state index in [-0.39, 0.29) is 12.5 Å². The molecule has 6 heteroatoms. The number of benzene rings is 1. The SMILES string of the molecule is COC(=O)C1COCCN1C(=O)c1cccc2[nH]ccc12. The third-order valence-electron chi connectivity index (χ3n) is 3.69. The number of methoxy groups -OCH3 is 1. The third kappa shape index (κ3) is 2.38. The molecule has 1 aliphatic heterocycles. The van der Waals surface area contributed by atoms with Crippen LogP contribution >= 0.6 is 0 Å². The van der Waals surface area contributed by atoms with Gasteiger partial charge in [-0.2, -0.15) is 0 Å². The average molecular weight is 288 g/mol. The van der Waals surface area contributed by atoms with E-state index >= 15 is 0 Å². The van der Waals surface area contributed by atoms with Gasteiger partial charge in [0.05, 0.1) is 20.3 Å². The largest absolute Gasteiger partial charge is 0.467 e. The molecule has 1 fully saturated rings. The number of aromatic amines is 1. The summed E-state index contributed by atoms with van der Waals surface area (Å²) in [5.74, 6) is -0.636. The van der Waals surface area contributed by atoms with Crippen LogP contribution in [0.2, 0.25) is 0 Å². The first-order chi connectivity index (χ1) is 10.2. The molecule has 21 heavy (non-hydrogen) atoms. The third-order valence-corrected chi connectivity index (χ3v) is 3.69. The van der Waals surface area contributed by atoms with Crippen molar-refractivity contribution in [3.05, 3.63) is 36.0 Å². The number of H-pyrrole nitrogens is 1. The van der Waals surface area contributed by atoms with Gasteiger partial charge in [-0.05, 0) is 18.2 Å². The van der Waals surface area contributed by atoms with Crippen molar-refractivity contribution in [1.82, 2.24) is 9.88 Å². The van der Waals surface area contributed by atoms with Crippen molar-refractivity contribution < 1.29 is 19.1 Å². The van der Waals surface area contributed by atoms with Crippen molar-refractivity contribution in [1.29, 1.82) is 0 Å². The van der Waals surface area contributed by atoms with E-state index in [4.69, 9.17) is 9.47 Å². The lowest BCUT2D eigenvalue weighted by Gasteiger charge is -2.33. The molecule has 0 bridgehead atoms. The zero-order valence-corrected chi connectivity index (χ0v) is 11.7. The first-order valence-corrected chi connectivity index (χ1v) is 6.75. The Balaban J connectivity index is 1.96. The molecule has 1 aromatic carbocycles. The number of aromatic nitrogens is 1. The van der Waals surface area contributed by atoms with Crippen molar-refractivity contribution in [3.8, 4) is 0 Å². The second-order valence-corrected chi connectivity index (χ2v) is 4.86. The predicted octanol–water partition coefficient (Wildman–Crippen LogP) is 1.18. The Morgan fingerprint density at radius 2 is 2.24 bits per heavy atom. The fourth-order valence-electron chi connectivity index (χ4n) is 2.60. The summed E-state index contributed by atoms with van der Waals surface area (Å²) in [5.41, 5.74) is 1.47. The van der Waals surface area contributed by atoms with Crippen LogP contribution in [-0.4, -0.2) is 54.7 Å². The number of amides is 1. The number of hydrogen-bond donors (Lipinski definition) is 1. The molecule has 1 saturated heterocycles. The Bertz CT molecular complexity index is 679. The molecule has 6 nitrogen and oxygen atoms in total. The number of hydrogen-bond acceptors (Lipinski definition) is 4. The van der Waals surface area contributed by atoms with Gasteiger partial charge >= 0.3 is 5.97 Å². The maximum Gasteiger partial charge on any atom is 0.331 e. The molecule has 0 spiro atoms. The van der Waals surface area contributed by atoms with Crippen LogP contribution in [0.3, 0.4) is 0 Å². The fourth-order valence-corrected chi connectivity index (χ4v) is 2.60. The van der Waals surface area contributed by atoms with Crippen LogP contribution < -0.4 is 0 Å². The maximum atomic E-state index is 12.8. The van der Waals surface area contributed by atoms with Gasteiger partial charge < -0.3 is 19.4 Å². The van der Waals surface area contributed by atoms with Crippen molar-refractivity contribution in [2.75, 3.05) is 26.9 Å². The van der Waals surface area contributed by atoms with Crippen LogP contribution in [0.25, 0.3) is 10.9 Å². The van der Waals surface area contributed by atoms with Gasteiger partial charge in [-0.15, -0.1) is 0 Å². The van der Waals surface area contributed by atoms with Crippen LogP contribution in [-0.2, 0) is 14.3 Å². The molecule has 1 N–H and O–H groups in total. The van der Waals surface area contributed by atoms with Crippen LogP contribution in [0, 0.1) is 0 Å². The topological polar surface area (TPSA) is 71.6 Å². The number of fused-ring (bicyclic) bond motifs is 1. The minimum Gasteiger partial charge on any atom is -0.467 e. The summed E-state index contributed by atoms with van der Waals surface area (Å²) in [5, 5.41) is 0.845. The summed E-state index contributed by atoms with van der Waals surface area (Å²) in [4.78, 5) is 29.2. The average Bonchev–Trinajstić information content (AvgIpc) is 3.02. The molecule has 3 rings (SSSR count). The van der Waals surface area contributed by atoms with Crippen LogP contribution in [0.5, 0.6) is 0 Å². The van der Waals surface area contributed by atoms with E-state index in [0.29, 0.717) is 18.7 Å². The van der Waals surface area contributed by atoms with Crippen LogP contribution in [0.4, 0.5) is 0 Å². The highest BCUT2D eigenvalue weighted by Crippen LogP contribution is 2.21. The van der Waals surface area contributed by atoms with Crippen LogP contribution in [0.15, 0.2) is 30.5 Å². The number of carbonyl (C=O) groups is 2. The van der Waals surface area contributed by atoms with Crippen LogP contribution in [0.1, 0.15) is 10.4 Å². The minimum atomic E-state index is -0.689. The summed E-state index contributed by atoms with van der Waals surface area (Å²) < 4.78 is 10.1. The van der Waals surface area contributed by atoms with Gasteiger partial charge in [-0.3, -0.25) is 4.79 Å². The van der Waals surface area contributed by atoms with Gasteiger partial charge in [0, 0.05) is 29.2 Å². The number of nitrogens with one attached hydrogen (secondary N) is 1. The number of morpholine rings is 1. The van der Waals surface area contributed by atoms with Gasteiger partial charge in [0.25, 0.3) is 5.91 Å². The highest BCUT2D eigenvalue weighted by atomic mass is 16.5. The first-order valence-electron chi connectivity index (χ1n) is 6.75. The lowest BCUT2D eigenvalue weighted by Crippen LogP contribution is -2.53. The van der Waals surface area contributed by atoms with E-state index in [1.165, 1.54) is 12.0 Å². The molecule has 2 heterocycles. The van der Waals surface area contributed by atoms with Crippen molar-refractivity contribution >= 4 is 22.8 Å². The molecular formula is C15H16N2O4. The molecule has 2 aromatic rings. The number of esters is 1. The zero-order valence-electron chi connectivity index (χ0n) is 11.7. The predicted molar refractivity (Wildman–Crippen MR) is 76.0 cm³/mol. The standard InChI is InChI=1S/C15H16N2O4/c1-20-15(19)13-9-21-8-7-17(13)14(18)11-3-2-4-12-10(11)5-6-16-12/h2-6,13,16H,7-9H2,1H3. The number of carbonyl (C=O) groups excluding carboxylic acids is 2. The van der Waals surface area contributed by atoms with Crippen molar-refractivity contribution in [3.63, 3.8) is 0 Å². The van der Waals surface area contributed by atoms with Gasteiger partial charge in [-0.1, -0.05) is 6.07 Å². The number of nitrogens with zero attached hydrogens (tertiary/aromatic N) is 1. The monoisotopic (exact) mass is 288 g/mol. The minimum absolute atomic E-state index is 0.168. The molecule has 1 aromatic heterocycles. The molecule has 1 aliphatic rings. The second-order valence-electron chi connectivity index (χ2n) is 4.86. The summed E-state index contributed by atoms with van der Waals surface area (Å²) in [6.07, 6.45) is 1.79. The Kier molecular flexibility index (Phi) is 3.62. The molecule has 0 aliphatic carbocycles. The quantitative estimate of drug-likeness (QED) is 0.842. The van der Waals surface area contributed by atoms with Gasteiger partial charge in [0.2, 0.25) is 0 Å². The lowest BCUT2D eigenvalue weighted by molar-refractivity contribution is -0.151. The fraction of sp³-hybridized carbons (Fsp3) is 0.333. The first kappa shape index (κ1) is 13.6. The highest BCUT2D eigenvalue weighted by molar-refractivity contribution is 6.07. The van der Waals surface area contributed by atoms with Gasteiger partial charge in [0.15, 0.2) is 6.04 Å². The molecule has 110 valence electrons. The lowest BCUT2D eigenvalue weighted by atomic mass is 10.1. The maximum absolute atomic E-state index is 12.8. The van der Waals surface area contributed by atoms with Gasteiger partial charge in [0.1, 0.15) is 0 Å². The summed E-state index contributed by atoms with van der Waals surface area (Å²) in [6, 6.07) is 6.66. The molecule has 0 saturated carbocycles. The Morgan fingerprint density at radius 3 is 3.05 bits per heavy atom.